The van der Waals surface area contributed by atoms with E-state index in [1.165, 1.54) is 6.07 Å². The minimum atomic E-state index is -4.51. The van der Waals surface area contributed by atoms with Crippen molar-refractivity contribution < 1.29 is 27.9 Å². The molecule has 36 heavy (non-hydrogen) atoms. The Morgan fingerprint density at radius 1 is 1.17 bits per heavy atom. The minimum absolute atomic E-state index is 0.0601. The topological polar surface area (TPSA) is 69.6 Å². The number of fused-ring (bicyclic) bond motifs is 1. The van der Waals surface area contributed by atoms with Crippen molar-refractivity contribution in [3.8, 4) is 0 Å². The van der Waals surface area contributed by atoms with Gasteiger partial charge < -0.3 is 10.4 Å². The number of hydrogen-bond acceptors (Lipinski definition) is 2. The molecule has 2 bridgehead atoms. The summed E-state index contributed by atoms with van der Waals surface area (Å²) in [7, 11) is 0. The number of nitrogens with one attached hydrogen (secondary N) is 1. The number of rotatable bonds is 6. The normalized spacial score (nSPS) is 30.2. The molecule has 1 aliphatic heterocycles. The van der Waals surface area contributed by atoms with Crippen LogP contribution in [-0.4, -0.2) is 27.5 Å². The van der Waals surface area contributed by atoms with Gasteiger partial charge in [0.2, 0.25) is 0 Å². The predicted molar refractivity (Wildman–Crippen MR) is 131 cm³/mol. The molecule has 4 aliphatic rings. The molecule has 8 heteroatoms. The molecule has 0 aromatic heterocycles. The van der Waals surface area contributed by atoms with E-state index in [1.807, 2.05) is 34.6 Å². The van der Waals surface area contributed by atoms with Gasteiger partial charge in [-0.25, -0.2) is 4.79 Å². The minimum Gasteiger partial charge on any atom is -0.481 e. The number of nitrogens with zero attached hydrogens (tertiary/aromatic N) is 1. The number of amides is 2. The Labute approximate surface area is 211 Å². The van der Waals surface area contributed by atoms with Crippen molar-refractivity contribution in [2.24, 2.45) is 16.7 Å². The first kappa shape index (κ1) is 26.6. The highest BCUT2D eigenvalue weighted by Crippen LogP contribution is 2.64. The Hall–Kier alpha value is -2.51. The number of aliphatic carboxylic acids is 1. The molecule has 2 N–H and O–H groups in total. The van der Waals surface area contributed by atoms with E-state index in [-0.39, 0.29) is 16.9 Å². The zero-order valence-corrected chi connectivity index (χ0v) is 22.0. The van der Waals surface area contributed by atoms with Gasteiger partial charge in [-0.1, -0.05) is 46.8 Å². The number of halogens is 3. The summed E-state index contributed by atoms with van der Waals surface area (Å²) < 4.78 is 42.4. The van der Waals surface area contributed by atoms with E-state index < -0.39 is 40.2 Å². The third-order valence-corrected chi connectivity index (χ3v) is 8.55. The number of carboxylic acid groups (broad SMARTS) is 1. The first-order valence-corrected chi connectivity index (χ1v) is 12.7. The number of carbonyl (C=O) groups is 2. The molecule has 0 spiro atoms. The summed E-state index contributed by atoms with van der Waals surface area (Å²) in [5.41, 5.74) is -1.74. The molecule has 198 valence electrons. The molecule has 1 atom stereocenters. The Kier molecular flexibility index (Phi) is 6.08. The molecule has 1 aromatic carbocycles. The quantitative estimate of drug-likeness (QED) is 0.443. The van der Waals surface area contributed by atoms with Crippen LogP contribution in [0.15, 0.2) is 30.0 Å². The summed E-state index contributed by atoms with van der Waals surface area (Å²) in [6, 6.07) is 4.05. The van der Waals surface area contributed by atoms with E-state index in [9.17, 15) is 27.9 Å². The van der Waals surface area contributed by atoms with Crippen molar-refractivity contribution in [1.29, 1.82) is 0 Å². The van der Waals surface area contributed by atoms with E-state index in [0.717, 1.165) is 5.57 Å². The number of carbonyl (C=O) groups excluding carboxylic acids is 1. The van der Waals surface area contributed by atoms with Crippen molar-refractivity contribution in [3.63, 3.8) is 0 Å². The van der Waals surface area contributed by atoms with Crippen molar-refractivity contribution in [1.82, 2.24) is 10.2 Å². The first-order valence-electron chi connectivity index (χ1n) is 12.7. The SMILES string of the molecule is CC(C)C1=CN(C23CCC(C(=O)O)(C2)C3)C(=O)N[C@@]1(C)c1ccc(CCC(C)(C)C)c(C(F)(F)F)c1. The van der Waals surface area contributed by atoms with Crippen LogP contribution in [0.4, 0.5) is 18.0 Å². The van der Waals surface area contributed by atoms with Crippen LogP contribution in [0.25, 0.3) is 0 Å². The zero-order valence-electron chi connectivity index (χ0n) is 22.0. The van der Waals surface area contributed by atoms with Crippen molar-refractivity contribution in [2.45, 2.75) is 97.3 Å². The van der Waals surface area contributed by atoms with E-state index in [2.05, 4.69) is 5.32 Å². The monoisotopic (exact) mass is 506 g/mol. The molecule has 3 fully saturated rings. The lowest BCUT2D eigenvalue weighted by molar-refractivity contribution is -0.156. The lowest BCUT2D eigenvalue weighted by Crippen LogP contribution is -2.64. The van der Waals surface area contributed by atoms with Crippen LogP contribution in [0.5, 0.6) is 0 Å². The van der Waals surface area contributed by atoms with E-state index in [1.54, 1.807) is 30.2 Å². The van der Waals surface area contributed by atoms with Gasteiger partial charge in [0.15, 0.2) is 0 Å². The number of urea groups is 1. The maximum absolute atomic E-state index is 14.1. The Morgan fingerprint density at radius 2 is 1.81 bits per heavy atom. The number of alkyl halides is 3. The third-order valence-electron chi connectivity index (χ3n) is 8.55. The Bertz CT molecular complexity index is 1110. The fourth-order valence-corrected chi connectivity index (χ4v) is 6.45. The number of carboxylic acids is 1. The molecule has 5 nitrogen and oxygen atoms in total. The lowest BCUT2D eigenvalue weighted by atomic mass is 9.64. The molecule has 3 saturated carbocycles. The molecule has 1 aromatic rings. The average Bonchev–Trinajstić information content (AvgIpc) is 3.29. The lowest BCUT2D eigenvalue weighted by Gasteiger charge is -2.53. The second kappa shape index (κ2) is 8.25. The molecule has 5 rings (SSSR count). The van der Waals surface area contributed by atoms with Gasteiger partial charge >= 0.3 is 18.2 Å². The van der Waals surface area contributed by atoms with Gasteiger partial charge in [0.05, 0.1) is 22.1 Å². The second-order valence-electron chi connectivity index (χ2n) is 12.8. The van der Waals surface area contributed by atoms with Crippen LogP contribution in [0.2, 0.25) is 0 Å². The smallest absolute Gasteiger partial charge is 0.416 e. The van der Waals surface area contributed by atoms with Crippen LogP contribution >= 0.6 is 0 Å². The maximum Gasteiger partial charge on any atom is 0.416 e. The summed E-state index contributed by atoms with van der Waals surface area (Å²) in [6.45, 7) is 11.7. The average molecular weight is 507 g/mol. The summed E-state index contributed by atoms with van der Waals surface area (Å²) in [5.74, 6) is -0.882. The first-order chi connectivity index (χ1) is 16.4. The van der Waals surface area contributed by atoms with Gasteiger partial charge in [0.1, 0.15) is 0 Å². The molecule has 2 amide bonds. The standard InChI is InChI=1S/C28H37F3N2O3/c1-17(2)21-14-33(27-12-11-26(15-27,16-27)22(34)35)23(36)32-25(21,6)19-8-7-18(9-10-24(3,4)5)20(13-19)28(29,30)31/h7-8,13-14,17H,9-12,15-16H2,1-6H3,(H,32,36)(H,34,35)/t25-,26?,27?/m0/s1. The summed E-state index contributed by atoms with van der Waals surface area (Å²) in [5, 5.41) is 12.6. The molecule has 0 saturated heterocycles. The Morgan fingerprint density at radius 3 is 2.31 bits per heavy atom. The fourth-order valence-electron chi connectivity index (χ4n) is 6.45. The summed E-state index contributed by atoms with van der Waals surface area (Å²) >= 11 is 0. The highest BCUT2D eigenvalue weighted by molar-refractivity contribution is 5.83. The predicted octanol–water partition coefficient (Wildman–Crippen LogP) is 6.86. The number of aryl methyl sites for hydroxylation is 1. The van der Waals surface area contributed by atoms with Crippen molar-refractivity contribution in [3.05, 3.63) is 46.7 Å². The molecule has 0 unspecified atom stereocenters. The molecular weight excluding hydrogens is 469 g/mol. The van der Waals surface area contributed by atoms with Gasteiger partial charge in [-0.05, 0) is 79.5 Å². The van der Waals surface area contributed by atoms with Gasteiger partial charge in [0.25, 0.3) is 0 Å². The van der Waals surface area contributed by atoms with Crippen LogP contribution in [-0.2, 0) is 22.9 Å². The van der Waals surface area contributed by atoms with E-state index in [0.29, 0.717) is 44.1 Å². The van der Waals surface area contributed by atoms with Gasteiger partial charge in [0, 0.05) is 6.20 Å². The van der Waals surface area contributed by atoms with Crippen molar-refractivity contribution >= 4 is 12.0 Å². The molecule has 1 heterocycles. The number of benzene rings is 1. The zero-order chi connectivity index (χ0) is 26.9. The molecule has 0 radical (unpaired) electrons. The summed E-state index contributed by atoms with van der Waals surface area (Å²) in [4.78, 5) is 26.8. The van der Waals surface area contributed by atoms with Gasteiger partial charge in [-0.15, -0.1) is 0 Å². The molecular formula is C28H37F3N2O3. The number of hydrogen-bond donors (Lipinski definition) is 2. The van der Waals surface area contributed by atoms with Crippen LogP contribution in [0.3, 0.4) is 0 Å². The third kappa shape index (κ3) is 4.30. The second-order valence-corrected chi connectivity index (χ2v) is 12.8. The van der Waals surface area contributed by atoms with E-state index in [4.69, 9.17) is 0 Å². The van der Waals surface area contributed by atoms with Crippen LogP contribution in [0, 0.1) is 16.7 Å². The van der Waals surface area contributed by atoms with Gasteiger partial charge in [-0.2, -0.15) is 13.2 Å². The van der Waals surface area contributed by atoms with Crippen LogP contribution < -0.4 is 5.32 Å². The highest BCUT2D eigenvalue weighted by atomic mass is 19.4. The van der Waals surface area contributed by atoms with E-state index >= 15 is 0 Å². The van der Waals surface area contributed by atoms with Gasteiger partial charge in [-0.3, -0.25) is 9.69 Å². The van der Waals surface area contributed by atoms with Crippen molar-refractivity contribution in [2.75, 3.05) is 0 Å². The fraction of sp³-hybridized carbons (Fsp3) is 0.643. The Balaban J connectivity index is 1.72. The summed E-state index contributed by atoms with van der Waals surface area (Å²) in [6.07, 6.45) is 0.142. The maximum atomic E-state index is 14.1. The molecule has 3 aliphatic carbocycles. The van der Waals surface area contributed by atoms with Crippen LogP contribution in [0.1, 0.15) is 90.3 Å². The largest absolute Gasteiger partial charge is 0.481 e. The highest BCUT2D eigenvalue weighted by Gasteiger charge is 2.68.